The highest BCUT2D eigenvalue weighted by molar-refractivity contribution is 9.10. The second-order valence-electron chi connectivity index (χ2n) is 3.88. The van der Waals surface area contributed by atoms with Crippen LogP contribution >= 0.6 is 43.2 Å². The van der Waals surface area contributed by atoms with E-state index in [2.05, 4.69) is 37.2 Å². The summed E-state index contributed by atoms with van der Waals surface area (Å²) >= 11 is 8.41. The summed E-state index contributed by atoms with van der Waals surface area (Å²) in [6.07, 6.45) is 0.766. The second-order valence-corrected chi connectivity index (χ2v) is 6.59. The number of rotatable bonds is 4. The molecule has 0 radical (unpaired) electrons. The van der Waals surface area contributed by atoms with Gasteiger partial charge in [-0.05, 0) is 56.4 Å². The van der Waals surface area contributed by atoms with Crippen molar-refractivity contribution in [1.29, 1.82) is 0 Å². The first-order valence-corrected chi connectivity index (χ1v) is 7.93. The Morgan fingerprint density at radius 2 is 2.06 bits per heavy atom. The molecule has 5 heteroatoms. The van der Waals surface area contributed by atoms with Crippen LogP contribution in [0.3, 0.4) is 0 Å². The van der Waals surface area contributed by atoms with Crippen LogP contribution in [-0.2, 0) is 6.42 Å². The Hall–Kier alpha value is -0.230. The van der Waals surface area contributed by atoms with E-state index in [-0.39, 0.29) is 11.9 Å². The van der Waals surface area contributed by atoms with Crippen LogP contribution in [0.25, 0.3) is 0 Å². The van der Waals surface area contributed by atoms with Gasteiger partial charge in [-0.25, -0.2) is 4.39 Å². The van der Waals surface area contributed by atoms with Crippen molar-refractivity contribution in [2.45, 2.75) is 12.5 Å². The smallest absolute Gasteiger partial charge is 0.142 e. The highest BCUT2D eigenvalue weighted by Crippen LogP contribution is 2.30. The average molecular weight is 393 g/mol. The average Bonchev–Trinajstić information content (AvgIpc) is 2.76. The lowest BCUT2D eigenvalue weighted by atomic mass is 10.0. The summed E-state index contributed by atoms with van der Waals surface area (Å²) in [5, 5.41) is 5.21. The first kappa shape index (κ1) is 14.2. The maximum Gasteiger partial charge on any atom is 0.142 e. The minimum Gasteiger partial charge on any atom is -0.313 e. The predicted molar refractivity (Wildman–Crippen MR) is 81.6 cm³/mol. The van der Waals surface area contributed by atoms with E-state index in [0.717, 1.165) is 10.9 Å². The topological polar surface area (TPSA) is 12.0 Å². The fourth-order valence-corrected chi connectivity index (χ4v) is 3.76. The largest absolute Gasteiger partial charge is 0.313 e. The van der Waals surface area contributed by atoms with E-state index in [0.29, 0.717) is 10.0 Å². The molecule has 1 N–H and O–H groups in total. The quantitative estimate of drug-likeness (QED) is 0.778. The van der Waals surface area contributed by atoms with Gasteiger partial charge in [0.05, 0.1) is 4.47 Å². The highest BCUT2D eigenvalue weighted by Gasteiger charge is 2.17. The summed E-state index contributed by atoms with van der Waals surface area (Å²) in [5.74, 6) is -0.190. The molecule has 0 saturated heterocycles. The van der Waals surface area contributed by atoms with Gasteiger partial charge in [0.2, 0.25) is 0 Å². The summed E-state index contributed by atoms with van der Waals surface area (Å²) in [4.78, 5) is 1.22. The standard InChI is InChI=1S/C13H12Br2FNS/c1-17-11(7-12-9(14)5-6-18-12)8-3-2-4-10(15)13(8)16/h2-6,11,17H,7H2,1H3. The van der Waals surface area contributed by atoms with Crippen molar-refractivity contribution >= 4 is 43.2 Å². The zero-order chi connectivity index (χ0) is 13.1. The monoisotopic (exact) mass is 391 g/mol. The normalized spacial score (nSPS) is 12.7. The fourth-order valence-electron chi connectivity index (χ4n) is 1.81. The molecule has 1 unspecified atom stereocenters. The summed E-state index contributed by atoms with van der Waals surface area (Å²) in [5.41, 5.74) is 0.687. The third-order valence-electron chi connectivity index (χ3n) is 2.79. The molecule has 0 aliphatic rings. The van der Waals surface area contributed by atoms with Gasteiger partial charge in [0.1, 0.15) is 5.82 Å². The molecule has 18 heavy (non-hydrogen) atoms. The van der Waals surface area contributed by atoms with Crippen LogP contribution in [0.2, 0.25) is 0 Å². The number of likely N-dealkylation sites (N-methyl/N-ethyl adjacent to an activating group) is 1. The molecular formula is C13H12Br2FNS. The Balaban J connectivity index is 2.29. The lowest BCUT2D eigenvalue weighted by molar-refractivity contribution is 0.532. The first-order valence-electron chi connectivity index (χ1n) is 5.46. The summed E-state index contributed by atoms with van der Waals surface area (Å²) < 4.78 is 15.7. The van der Waals surface area contributed by atoms with Gasteiger partial charge in [0.15, 0.2) is 0 Å². The Morgan fingerprint density at radius 1 is 1.28 bits per heavy atom. The molecule has 96 valence electrons. The lowest BCUT2D eigenvalue weighted by Crippen LogP contribution is -2.20. The molecule has 0 amide bonds. The summed E-state index contributed by atoms with van der Waals surface area (Å²) in [6, 6.07) is 7.38. The van der Waals surface area contributed by atoms with Crippen molar-refractivity contribution < 1.29 is 4.39 Å². The molecule has 1 aromatic heterocycles. The maximum absolute atomic E-state index is 14.1. The van der Waals surface area contributed by atoms with Crippen molar-refractivity contribution in [3.05, 3.63) is 54.8 Å². The zero-order valence-corrected chi connectivity index (χ0v) is 13.7. The van der Waals surface area contributed by atoms with E-state index in [9.17, 15) is 4.39 Å². The van der Waals surface area contributed by atoms with Crippen molar-refractivity contribution in [3.63, 3.8) is 0 Å². The number of hydrogen-bond donors (Lipinski definition) is 1. The first-order chi connectivity index (χ1) is 8.63. The predicted octanol–water partition coefficient (Wildman–Crippen LogP) is 4.92. The Bertz CT molecular complexity index is 542. The van der Waals surface area contributed by atoms with E-state index in [1.165, 1.54) is 4.88 Å². The van der Waals surface area contributed by atoms with E-state index in [1.807, 2.05) is 30.6 Å². The molecule has 0 bridgehead atoms. The molecule has 2 rings (SSSR count). The number of thiophene rings is 1. The molecular weight excluding hydrogens is 381 g/mol. The van der Waals surface area contributed by atoms with E-state index < -0.39 is 0 Å². The van der Waals surface area contributed by atoms with Crippen LogP contribution in [0.4, 0.5) is 4.39 Å². The van der Waals surface area contributed by atoms with Crippen molar-refractivity contribution in [2.75, 3.05) is 7.05 Å². The maximum atomic E-state index is 14.1. The fraction of sp³-hybridized carbons (Fsp3) is 0.231. The minimum atomic E-state index is -0.190. The van der Waals surface area contributed by atoms with Gasteiger partial charge in [0.25, 0.3) is 0 Å². The Labute approximate surface area is 127 Å². The highest BCUT2D eigenvalue weighted by atomic mass is 79.9. The van der Waals surface area contributed by atoms with Crippen molar-refractivity contribution in [3.8, 4) is 0 Å². The van der Waals surface area contributed by atoms with Crippen LogP contribution in [0.1, 0.15) is 16.5 Å². The third kappa shape index (κ3) is 3.02. The Kier molecular flexibility index (Phi) is 4.95. The number of halogens is 3. The molecule has 0 fully saturated rings. The van der Waals surface area contributed by atoms with Crippen LogP contribution in [0, 0.1) is 5.82 Å². The Morgan fingerprint density at radius 3 is 2.67 bits per heavy atom. The van der Waals surface area contributed by atoms with Crippen LogP contribution in [-0.4, -0.2) is 7.05 Å². The second kappa shape index (κ2) is 6.28. The van der Waals surface area contributed by atoms with Crippen LogP contribution < -0.4 is 5.32 Å². The molecule has 2 aromatic rings. The van der Waals surface area contributed by atoms with Crippen LogP contribution in [0.15, 0.2) is 38.6 Å². The van der Waals surface area contributed by atoms with Crippen molar-refractivity contribution in [2.24, 2.45) is 0 Å². The van der Waals surface area contributed by atoms with Gasteiger partial charge in [-0.15, -0.1) is 11.3 Å². The number of nitrogens with one attached hydrogen (secondary N) is 1. The number of benzene rings is 1. The summed E-state index contributed by atoms with van der Waals surface area (Å²) in [6.45, 7) is 0. The van der Waals surface area contributed by atoms with E-state index >= 15 is 0 Å². The van der Waals surface area contributed by atoms with Gasteiger partial charge < -0.3 is 5.32 Å². The van der Waals surface area contributed by atoms with Gasteiger partial charge in [-0.3, -0.25) is 0 Å². The SMILES string of the molecule is CNC(Cc1sccc1Br)c1cccc(Br)c1F. The van der Waals surface area contributed by atoms with Gasteiger partial charge in [-0.1, -0.05) is 12.1 Å². The van der Waals surface area contributed by atoms with Gasteiger partial charge >= 0.3 is 0 Å². The molecule has 1 atom stereocenters. The van der Waals surface area contributed by atoms with Gasteiger partial charge in [-0.2, -0.15) is 0 Å². The molecule has 0 aliphatic carbocycles. The van der Waals surface area contributed by atoms with Gasteiger partial charge in [0, 0.05) is 27.4 Å². The molecule has 0 saturated carbocycles. The lowest BCUT2D eigenvalue weighted by Gasteiger charge is -2.17. The third-order valence-corrected chi connectivity index (χ3v) is 5.35. The molecule has 0 spiro atoms. The minimum absolute atomic E-state index is 0.0301. The molecule has 1 heterocycles. The molecule has 1 nitrogen and oxygen atoms in total. The van der Waals surface area contributed by atoms with Crippen LogP contribution in [0.5, 0.6) is 0 Å². The number of hydrogen-bond acceptors (Lipinski definition) is 2. The van der Waals surface area contributed by atoms with E-state index in [1.54, 1.807) is 17.4 Å². The molecule has 0 aliphatic heterocycles. The summed E-state index contributed by atoms with van der Waals surface area (Å²) in [7, 11) is 1.85. The zero-order valence-electron chi connectivity index (χ0n) is 9.71. The molecule has 1 aromatic carbocycles. The van der Waals surface area contributed by atoms with Crippen molar-refractivity contribution in [1.82, 2.24) is 5.32 Å². The van der Waals surface area contributed by atoms with E-state index in [4.69, 9.17) is 0 Å².